The highest BCUT2D eigenvalue weighted by Crippen LogP contribution is 2.35. The van der Waals surface area contributed by atoms with Crippen LogP contribution in [0, 0.1) is 5.92 Å². The fourth-order valence-electron chi connectivity index (χ4n) is 2.59. The van der Waals surface area contributed by atoms with E-state index < -0.39 is 18.0 Å². The van der Waals surface area contributed by atoms with Gasteiger partial charge in [-0.05, 0) is 12.5 Å². The summed E-state index contributed by atoms with van der Waals surface area (Å²) in [4.78, 5) is 26.8. The third-order valence-electron chi connectivity index (χ3n) is 3.67. The molecule has 0 spiro atoms. The Morgan fingerprint density at radius 1 is 1.57 bits per heavy atom. The number of hydrogen-bond donors (Lipinski definition) is 2. The van der Waals surface area contributed by atoms with Gasteiger partial charge in [-0.15, -0.1) is 0 Å². The molecule has 7 heteroatoms. The number of hydrogen-bond acceptors (Lipinski definition) is 5. The number of anilines is 1. The maximum Gasteiger partial charge on any atom is 0.351 e. The van der Waals surface area contributed by atoms with Gasteiger partial charge in [-0.2, -0.15) is 4.98 Å². The van der Waals surface area contributed by atoms with E-state index in [1.807, 2.05) is 13.8 Å². The molecule has 0 aromatic carbocycles. The minimum Gasteiger partial charge on any atom is -0.390 e. The van der Waals surface area contributed by atoms with E-state index in [9.17, 15) is 14.7 Å². The van der Waals surface area contributed by atoms with E-state index in [0.717, 1.165) is 12.8 Å². The molecule has 0 saturated carbocycles. The largest absolute Gasteiger partial charge is 0.390 e. The molecule has 4 unspecified atom stereocenters. The Hall–Kier alpha value is -1.73. The van der Waals surface area contributed by atoms with Crippen LogP contribution < -0.4 is 11.0 Å². The molecule has 0 aliphatic carbocycles. The number of nitrogens with zero attached hydrogens (tertiary/aromatic N) is 2. The fourth-order valence-corrected chi connectivity index (χ4v) is 2.59. The lowest BCUT2D eigenvalue weighted by atomic mass is 9.99. The van der Waals surface area contributed by atoms with Crippen LogP contribution in [0.3, 0.4) is 0 Å². The molecule has 1 amide bonds. The molecule has 1 saturated heterocycles. The van der Waals surface area contributed by atoms with Crippen molar-refractivity contribution < 1.29 is 14.6 Å². The molecule has 2 rings (SSSR count). The Balaban J connectivity index is 2.22. The first-order chi connectivity index (χ1) is 9.93. The number of rotatable bonds is 4. The SMILES string of the molecule is CCCC1OC(n2ccc(NC(C)=O)nc2=O)C(C)C1O. The lowest BCUT2D eigenvalue weighted by molar-refractivity contribution is -0.114. The maximum atomic E-state index is 12.1. The summed E-state index contributed by atoms with van der Waals surface area (Å²) >= 11 is 0. The highest BCUT2D eigenvalue weighted by Gasteiger charge is 2.41. The van der Waals surface area contributed by atoms with E-state index in [2.05, 4.69) is 10.3 Å². The molecule has 1 aliphatic heterocycles. The standard InChI is InChI=1S/C14H21N3O4/c1-4-5-10-12(19)8(2)13(21-10)17-7-6-11(15-9(3)18)16-14(17)20/h6-8,10,12-13,19H,4-5H2,1-3H3,(H,15,16,18,20). The normalized spacial score (nSPS) is 28.6. The predicted molar refractivity (Wildman–Crippen MR) is 76.8 cm³/mol. The summed E-state index contributed by atoms with van der Waals surface area (Å²) in [7, 11) is 0. The molecule has 2 N–H and O–H groups in total. The van der Waals surface area contributed by atoms with Crippen molar-refractivity contribution in [1.82, 2.24) is 9.55 Å². The summed E-state index contributed by atoms with van der Waals surface area (Å²) < 4.78 is 7.16. The summed E-state index contributed by atoms with van der Waals surface area (Å²) in [5, 5.41) is 12.6. The van der Waals surface area contributed by atoms with Crippen molar-refractivity contribution in [3.8, 4) is 0 Å². The number of ether oxygens (including phenoxy) is 1. The molecular weight excluding hydrogens is 274 g/mol. The van der Waals surface area contributed by atoms with Gasteiger partial charge in [-0.3, -0.25) is 9.36 Å². The van der Waals surface area contributed by atoms with Crippen molar-refractivity contribution in [2.24, 2.45) is 5.92 Å². The lowest BCUT2D eigenvalue weighted by Gasteiger charge is -2.18. The Labute approximate surface area is 123 Å². The first kappa shape index (κ1) is 15.7. The monoisotopic (exact) mass is 295 g/mol. The second kappa shape index (κ2) is 6.36. The second-order valence-electron chi connectivity index (χ2n) is 5.39. The summed E-state index contributed by atoms with van der Waals surface area (Å²) in [5.74, 6) is -0.281. The van der Waals surface area contributed by atoms with Crippen LogP contribution in [0.25, 0.3) is 0 Å². The van der Waals surface area contributed by atoms with Gasteiger partial charge in [0, 0.05) is 19.0 Å². The average Bonchev–Trinajstić information content (AvgIpc) is 2.67. The molecule has 2 heterocycles. The zero-order chi connectivity index (χ0) is 15.6. The van der Waals surface area contributed by atoms with E-state index in [1.165, 1.54) is 17.7 Å². The lowest BCUT2D eigenvalue weighted by Crippen LogP contribution is -2.31. The average molecular weight is 295 g/mol. The topological polar surface area (TPSA) is 93.5 Å². The van der Waals surface area contributed by atoms with Gasteiger partial charge in [0.05, 0.1) is 12.2 Å². The van der Waals surface area contributed by atoms with Gasteiger partial charge in [0.2, 0.25) is 5.91 Å². The molecule has 7 nitrogen and oxygen atoms in total. The number of amides is 1. The minimum absolute atomic E-state index is 0.201. The van der Waals surface area contributed by atoms with Crippen LogP contribution in [0.2, 0.25) is 0 Å². The third-order valence-corrected chi connectivity index (χ3v) is 3.67. The fraction of sp³-hybridized carbons (Fsp3) is 0.643. The molecule has 1 aliphatic rings. The maximum absolute atomic E-state index is 12.1. The van der Waals surface area contributed by atoms with Gasteiger partial charge in [0.15, 0.2) is 0 Å². The van der Waals surface area contributed by atoms with Crippen molar-refractivity contribution >= 4 is 11.7 Å². The Kier molecular flexibility index (Phi) is 4.74. The van der Waals surface area contributed by atoms with Crippen molar-refractivity contribution in [2.45, 2.75) is 52.0 Å². The summed E-state index contributed by atoms with van der Waals surface area (Å²) in [6.45, 7) is 5.21. The quantitative estimate of drug-likeness (QED) is 0.860. The van der Waals surface area contributed by atoms with Gasteiger partial charge in [-0.25, -0.2) is 4.79 Å². The zero-order valence-corrected chi connectivity index (χ0v) is 12.4. The Bertz CT molecular complexity index is 572. The molecule has 1 aromatic rings. The van der Waals surface area contributed by atoms with Gasteiger partial charge < -0.3 is 15.2 Å². The predicted octanol–water partition coefficient (Wildman–Crippen LogP) is 0.896. The Morgan fingerprint density at radius 2 is 2.29 bits per heavy atom. The number of carbonyl (C=O) groups excluding carboxylic acids is 1. The highest BCUT2D eigenvalue weighted by atomic mass is 16.5. The summed E-state index contributed by atoms with van der Waals surface area (Å²) in [5.41, 5.74) is -0.512. The Morgan fingerprint density at radius 3 is 2.86 bits per heavy atom. The van der Waals surface area contributed by atoms with Crippen LogP contribution in [0.5, 0.6) is 0 Å². The number of carbonyl (C=O) groups is 1. The van der Waals surface area contributed by atoms with Crippen LogP contribution in [-0.4, -0.2) is 32.8 Å². The summed E-state index contributed by atoms with van der Waals surface area (Å²) in [6, 6.07) is 1.54. The first-order valence-electron chi connectivity index (χ1n) is 7.14. The smallest absolute Gasteiger partial charge is 0.351 e. The second-order valence-corrected chi connectivity index (χ2v) is 5.39. The molecular formula is C14H21N3O4. The van der Waals surface area contributed by atoms with E-state index in [4.69, 9.17) is 4.74 Å². The van der Waals surface area contributed by atoms with Gasteiger partial charge in [-0.1, -0.05) is 20.3 Å². The van der Waals surface area contributed by atoms with Crippen LogP contribution in [0.1, 0.15) is 39.8 Å². The molecule has 0 bridgehead atoms. The molecule has 1 aromatic heterocycles. The van der Waals surface area contributed by atoms with Crippen molar-refractivity contribution in [3.63, 3.8) is 0 Å². The van der Waals surface area contributed by atoms with Gasteiger partial charge >= 0.3 is 5.69 Å². The summed E-state index contributed by atoms with van der Waals surface area (Å²) in [6.07, 6.45) is 1.77. The number of nitrogens with one attached hydrogen (secondary N) is 1. The van der Waals surface area contributed by atoms with Crippen molar-refractivity contribution in [3.05, 3.63) is 22.7 Å². The van der Waals surface area contributed by atoms with Crippen molar-refractivity contribution in [2.75, 3.05) is 5.32 Å². The first-order valence-corrected chi connectivity index (χ1v) is 7.14. The van der Waals surface area contributed by atoms with Crippen LogP contribution >= 0.6 is 0 Å². The molecule has 0 radical (unpaired) electrons. The van der Waals surface area contributed by atoms with E-state index >= 15 is 0 Å². The van der Waals surface area contributed by atoms with Crippen molar-refractivity contribution in [1.29, 1.82) is 0 Å². The van der Waals surface area contributed by atoms with E-state index in [-0.39, 0.29) is 23.7 Å². The van der Waals surface area contributed by atoms with Crippen LogP contribution in [0.4, 0.5) is 5.82 Å². The number of aliphatic hydroxyl groups excluding tert-OH is 1. The highest BCUT2D eigenvalue weighted by molar-refractivity contribution is 5.87. The van der Waals surface area contributed by atoms with E-state index in [0.29, 0.717) is 0 Å². The molecule has 4 atom stereocenters. The van der Waals surface area contributed by atoms with Gasteiger partial charge in [0.25, 0.3) is 0 Å². The van der Waals surface area contributed by atoms with Crippen LogP contribution in [-0.2, 0) is 9.53 Å². The zero-order valence-electron chi connectivity index (χ0n) is 12.4. The number of aliphatic hydroxyl groups is 1. The third kappa shape index (κ3) is 3.30. The minimum atomic E-state index is -0.600. The number of aromatic nitrogens is 2. The molecule has 116 valence electrons. The molecule has 21 heavy (non-hydrogen) atoms. The van der Waals surface area contributed by atoms with Crippen LogP contribution in [0.15, 0.2) is 17.1 Å². The molecule has 1 fully saturated rings. The van der Waals surface area contributed by atoms with E-state index in [1.54, 1.807) is 6.07 Å². The van der Waals surface area contributed by atoms with Gasteiger partial charge in [0.1, 0.15) is 12.0 Å².